The molecule has 4 N–H and O–H groups in total. The van der Waals surface area contributed by atoms with Crippen molar-refractivity contribution in [2.75, 3.05) is 13.1 Å². The van der Waals surface area contributed by atoms with E-state index < -0.39 is 0 Å². The smallest absolute Gasteiger partial charge is 0.239 e. The Kier molecular flexibility index (Phi) is 5.97. The van der Waals surface area contributed by atoms with E-state index in [1.165, 1.54) is 0 Å². The summed E-state index contributed by atoms with van der Waals surface area (Å²) >= 11 is 0. The molecule has 0 aromatic heterocycles. The zero-order valence-corrected chi connectivity index (χ0v) is 10.5. The van der Waals surface area contributed by atoms with Crippen molar-refractivity contribution in [2.24, 2.45) is 11.7 Å². The Bertz CT molecular complexity index is 260. The molecule has 1 fully saturated rings. The highest BCUT2D eigenvalue weighted by molar-refractivity contribution is 5.84. The van der Waals surface area contributed by atoms with E-state index >= 15 is 0 Å². The highest BCUT2D eigenvalue weighted by Gasteiger charge is 2.20. The van der Waals surface area contributed by atoms with Crippen molar-refractivity contribution in [1.82, 2.24) is 10.6 Å². The van der Waals surface area contributed by atoms with E-state index in [0.29, 0.717) is 24.9 Å². The Morgan fingerprint density at radius 2 is 1.76 bits per heavy atom. The maximum absolute atomic E-state index is 11.6. The molecule has 17 heavy (non-hydrogen) atoms. The second kappa shape index (κ2) is 7.27. The Labute approximate surface area is 103 Å². The number of nitrogens with two attached hydrogens (primary N) is 1. The van der Waals surface area contributed by atoms with Gasteiger partial charge in [0.1, 0.15) is 0 Å². The number of nitrogens with one attached hydrogen (secondary N) is 2. The molecule has 1 aliphatic carbocycles. The zero-order valence-electron chi connectivity index (χ0n) is 10.5. The fourth-order valence-corrected chi connectivity index (χ4v) is 2.17. The fraction of sp³-hybridized carbons (Fsp3) is 0.833. The summed E-state index contributed by atoms with van der Waals surface area (Å²) in [5.41, 5.74) is 5.81. The first-order chi connectivity index (χ1) is 8.11. The van der Waals surface area contributed by atoms with Crippen LogP contribution in [0.3, 0.4) is 0 Å². The molecule has 0 aliphatic heterocycles. The van der Waals surface area contributed by atoms with Crippen LogP contribution in [-0.4, -0.2) is 30.9 Å². The molecule has 0 atom stereocenters. The highest BCUT2D eigenvalue weighted by Crippen LogP contribution is 2.25. The monoisotopic (exact) mass is 241 g/mol. The standard InChI is InChI=1S/C12H23N3O2/c1-2-14-12(17)8-15-11(16)7-9-3-5-10(13)6-4-9/h9-10H,2-8,13H2,1H3,(H,14,17)(H,15,16). The maximum atomic E-state index is 11.6. The minimum Gasteiger partial charge on any atom is -0.355 e. The van der Waals surface area contributed by atoms with Gasteiger partial charge in [0.25, 0.3) is 0 Å². The van der Waals surface area contributed by atoms with Crippen LogP contribution < -0.4 is 16.4 Å². The molecule has 0 heterocycles. The van der Waals surface area contributed by atoms with Crippen LogP contribution in [0, 0.1) is 5.92 Å². The molecule has 98 valence electrons. The van der Waals surface area contributed by atoms with Crippen molar-refractivity contribution < 1.29 is 9.59 Å². The predicted molar refractivity (Wildman–Crippen MR) is 66.2 cm³/mol. The first-order valence-corrected chi connectivity index (χ1v) is 6.40. The van der Waals surface area contributed by atoms with Gasteiger partial charge in [-0.25, -0.2) is 0 Å². The summed E-state index contributed by atoms with van der Waals surface area (Å²) in [4.78, 5) is 22.7. The van der Waals surface area contributed by atoms with Gasteiger partial charge in [-0.3, -0.25) is 9.59 Å². The molecule has 0 radical (unpaired) electrons. The lowest BCUT2D eigenvalue weighted by atomic mass is 9.84. The van der Waals surface area contributed by atoms with Crippen molar-refractivity contribution >= 4 is 11.8 Å². The lowest BCUT2D eigenvalue weighted by Gasteiger charge is -2.25. The molecule has 1 rings (SSSR count). The molecule has 0 unspecified atom stereocenters. The minimum absolute atomic E-state index is 0.0308. The summed E-state index contributed by atoms with van der Waals surface area (Å²) in [5, 5.41) is 5.28. The molecular weight excluding hydrogens is 218 g/mol. The molecule has 2 amide bonds. The van der Waals surface area contributed by atoms with Crippen LogP contribution in [0.1, 0.15) is 39.0 Å². The average Bonchev–Trinajstić information content (AvgIpc) is 2.30. The average molecular weight is 241 g/mol. The number of carbonyl (C=O) groups excluding carboxylic acids is 2. The van der Waals surface area contributed by atoms with Crippen LogP contribution in [0.2, 0.25) is 0 Å². The van der Waals surface area contributed by atoms with Crippen molar-refractivity contribution in [2.45, 2.75) is 45.1 Å². The van der Waals surface area contributed by atoms with E-state index in [1.807, 2.05) is 6.92 Å². The third kappa shape index (κ3) is 5.68. The molecule has 0 saturated heterocycles. The van der Waals surface area contributed by atoms with Crippen LogP contribution in [-0.2, 0) is 9.59 Å². The third-order valence-corrected chi connectivity index (χ3v) is 3.19. The van der Waals surface area contributed by atoms with E-state index in [1.54, 1.807) is 0 Å². The van der Waals surface area contributed by atoms with E-state index in [2.05, 4.69) is 10.6 Å². The van der Waals surface area contributed by atoms with Gasteiger partial charge < -0.3 is 16.4 Å². The van der Waals surface area contributed by atoms with Gasteiger partial charge in [-0.15, -0.1) is 0 Å². The highest BCUT2D eigenvalue weighted by atomic mass is 16.2. The summed E-state index contributed by atoms with van der Waals surface area (Å²) in [6, 6.07) is 0.310. The summed E-state index contributed by atoms with van der Waals surface area (Å²) in [6.07, 6.45) is 4.58. The maximum Gasteiger partial charge on any atom is 0.239 e. The Morgan fingerprint density at radius 1 is 1.12 bits per heavy atom. The number of hydrogen-bond donors (Lipinski definition) is 3. The second-order valence-electron chi connectivity index (χ2n) is 4.72. The second-order valence-corrected chi connectivity index (χ2v) is 4.72. The molecule has 0 bridgehead atoms. The lowest BCUT2D eigenvalue weighted by Crippen LogP contribution is -2.38. The number of hydrogen-bond acceptors (Lipinski definition) is 3. The van der Waals surface area contributed by atoms with E-state index in [-0.39, 0.29) is 18.4 Å². The van der Waals surface area contributed by atoms with Crippen LogP contribution in [0.25, 0.3) is 0 Å². The molecule has 1 aliphatic rings. The summed E-state index contributed by atoms with van der Waals surface area (Å²) in [5.74, 6) is 0.271. The Hall–Kier alpha value is -1.10. The van der Waals surface area contributed by atoms with Crippen LogP contribution in [0.15, 0.2) is 0 Å². The largest absolute Gasteiger partial charge is 0.355 e. The Balaban J connectivity index is 2.14. The molecule has 5 nitrogen and oxygen atoms in total. The number of amides is 2. The molecular formula is C12H23N3O2. The zero-order chi connectivity index (χ0) is 12.7. The van der Waals surface area contributed by atoms with E-state index in [9.17, 15) is 9.59 Å². The van der Waals surface area contributed by atoms with Gasteiger partial charge in [0.2, 0.25) is 11.8 Å². The predicted octanol–water partition coefficient (Wildman–Crippen LogP) is 0.146. The minimum atomic E-state index is -0.133. The molecule has 5 heteroatoms. The summed E-state index contributed by atoms with van der Waals surface area (Å²) < 4.78 is 0. The quantitative estimate of drug-likeness (QED) is 0.640. The number of rotatable bonds is 5. The molecule has 0 aromatic rings. The van der Waals surface area contributed by atoms with Crippen LogP contribution >= 0.6 is 0 Å². The molecule has 0 aromatic carbocycles. The van der Waals surface area contributed by atoms with Crippen LogP contribution in [0.5, 0.6) is 0 Å². The van der Waals surface area contributed by atoms with E-state index in [0.717, 1.165) is 25.7 Å². The van der Waals surface area contributed by atoms with Gasteiger partial charge >= 0.3 is 0 Å². The van der Waals surface area contributed by atoms with Crippen molar-refractivity contribution in [3.63, 3.8) is 0 Å². The van der Waals surface area contributed by atoms with Gasteiger partial charge in [-0.2, -0.15) is 0 Å². The summed E-state index contributed by atoms with van der Waals surface area (Å²) in [6.45, 7) is 2.53. The van der Waals surface area contributed by atoms with Gasteiger partial charge in [-0.1, -0.05) is 0 Å². The first kappa shape index (κ1) is 14.0. The first-order valence-electron chi connectivity index (χ1n) is 6.40. The number of likely N-dealkylation sites (N-methyl/N-ethyl adjacent to an activating group) is 1. The fourth-order valence-electron chi connectivity index (χ4n) is 2.17. The van der Waals surface area contributed by atoms with Gasteiger partial charge in [0, 0.05) is 19.0 Å². The van der Waals surface area contributed by atoms with Crippen molar-refractivity contribution in [3.05, 3.63) is 0 Å². The van der Waals surface area contributed by atoms with E-state index in [4.69, 9.17) is 5.73 Å². The van der Waals surface area contributed by atoms with Crippen molar-refractivity contribution in [1.29, 1.82) is 0 Å². The van der Waals surface area contributed by atoms with Gasteiger partial charge in [-0.05, 0) is 38.5 Å². The Morgan fingerprint density at radius 3 is 2.35 bits per heavy atom. The number of carbonyl (C=O) groups is 2. The normalized spacial score (nSPS) is 24.1. The van der Waals surface area contributed by atoms with Gasteiger partial charge in [0.15, 0.2) is 0 Å². The third-order valence-electron chi connectivity index (χ3n) is 3.19. The topological polar surface area (TPSA) is 84.2 Å². The lowest BCUT2D eigenvalue weighted by molar-refractivity contribution is -0.126. The SMILES string of the molecule is CCNC(=O)CNC(=O)CC1CCC(N)CC1. The van der Waals surface area contributed by atoms with Crippen molar-refractivity contribution in [3.8, 4) is 0 Å². The molecule has 1 saturated carbocycles. The summed E-state index contributed by atoms with van der Waals surface area (Å²) in [7, 11) is 0. The van der Waals surface area contributed by atoms with Crippen LogP contribution in [0.4, 0.5) is 0 Å². The molecule has 0 spiro atoms. The van der Waals surface area contributed by atoms with Gasteiger partial charge in [0.05, 0.1) is 6.54 Å².